The lowest BCUT2D eigenvalue weighted by Gasteiger charge is -2.26. The number of aryl methyl sites for hydroxylation is 2. The zero-order valence-corrected chi connectivity index (χ0v) is 19.1. The molecule has 1 fully saturated rings. The maximum Gasteiger partial charge on any atom is 0.335 e. The minimum Gasteiger partial charge on any atom is -0.493 e. The topological polar surface area (TPSA) is 84.9 Å². The maximum absolute atomic E-state index is 13.1. The van der Waals surface area contributed by atoms with Crippen molar-refractivity contribution in [2.24, 2.45) is 0 Å². The molecule has 3 aromatic carbocycles. The molecular formula is C27H24N2O5. The van der Waals surface area contributed by atoms with Gasteiger partial charge in [-0.3, -0.25) is 14.9 Å². The van der Waals surface area contributed by atoms with Gasteiger partial charge in [-0.05, 0) is 55.3 Å². The molecular weight excluding hydrogens is 432 g/mol. The summed E-state index contributed by atoms with van der Waals surface area (Å²) in [6.07, 6.45) is 1.43. The van der Waals surface area contributed by atoms with Crippen molar-refractivity contribution in [3.05, 3.63) is 94.6 Å². The lowest BCUT2D eigenvalue weighted by atomic mass is 10.1. The number of ether oxygens (including phenoxy) is 2. The van der Waals surface area contributed by atoms with E-state index >= 15 is 0 Å². The molecule has 4 rings (SSSR count). The van der Waals surface area contributed by atoms with Gasteiger partial charge in [-0.15, -0.1) is 0 Å². The van der Waals surface area contributed by atoms with E-state index in [9.17, 15) is 14.4 Å². The van der Waals surface area contributed by atoms with Gasteiger partial charge in [-0.2, -0.15) is 0 Å². The number of hydrogen-bond acceptors (Lipinski definition) is 5. The Morgan fingerprint density at radius 3 is 2.15 bits per heavy atom. The second-order valence-corrected chi connectivity index (χ2v) is 7.98. The number of carbonyl (C=O) groups excluding carboxylic acids is 3. The van der Waals surface area contributed by atoms with E-state index in [1.165, 1.54) is 18.7 Å². The average molecular weight is 456 g/mol. The monoisotopic (exact) mass is 456 g/mol. The standard InChI is InChI=1S/C27H24N2O5/c1-17-4-8-19(9-5-17)16-34-23-13-10-20(15-24(23)33-3)14-22-25(30)28-27(32)29(26(22)31)21-11-6-18(2)7-12-21/h4-15H,16H2,1-3H3,(H,28,30,32)/b22-14+. The summed E-state index contributed by atoms with van der Waals surface area (Å²) < 4.78 is 11.3. The molecule has 1 aliphatic rings. The summed E-state index contributed by atoms with van der Waals surface area (Å²) in [7, 11) is 1.52. The molecule has 0 unspecified atom stereocenters. The van der Waals surface area contributed by atoms with Crippen LogP contribution in [0, 0.1) is 13.8 Å². The van der Waals surface area contributed by atoms with Crippen molar-refractivity contribution in [2.75, 3.05) is 12.0 Å². The largest absolute Gasteiger partial charge is 0.493 e. The van der Waals surface area contributed by atoms with Crippen molar-refractivity contribution in [1.29, 1.82) is 0 Å². The van der Waals surface area contributed by atoms with Crippen LogP contribution in [0.25, 0.3) is 6.08 Å². The van der Waals surface area contributed by atoms with Crippen molar-refractivity contribution in [3.63, 3.8) is 0 Å². The highest BCUT2D eigenvalue weighted by Crippen LogP contribution is 2.30. The third-order valence-electron chi connectivity index (χ3n) is 5.41. The molecule has 34 heavy (non-hydrogen) atoms. The molecule has 7 heteroatoms. The van der Waals surface area contributed by atoms with Crippen LogP contribution in [0.5, 0.6) is 11.5 Å². The minimum absolute atomic E-state index is 0.157. The predicted molar refractivity (Wildman–Crippen MR) is 129 cm³/mol. The van der Waals surface area contributed by atoms with Crippen molar-refractivity contribution >= 4 is 29.6 Å². The summed E-state index contributed by atoms with van der Waals surface area (Å²) in [6, 6.07) is 19.2. The molecule has 1 heterocycles. The number of imide groups is 2. The van der Waals surface area contributed by atoms with Crippen LogP contribution in [0.15, 0.2) is 72.3 Å². The highest BCUT2D eigenvalue weighted by atomic mass is 16.5. The first kappa shape index (κ1) is 22.8. The molecule has 1 saturated heterocycles. The minimum atomic E-state index is -0.784. The molecule has 0 radical (unpaired) electrons. The van der Waals surface area contributed by atoms with Crippen LogP contribution in [0.3, 0.4) is 0 Å². The highest BCUT2D eigenvalue weighted by Gasteiger charge is 2.36. The average Bonchev–Trinajstić information content (AvgIpc) is 2.83. The number of nitrogens with one attached hydrogen (secondary N) is 1. The summed E-state index contributed by atoms with van der Waals surface area (Å²) in [5.41, 5.74) is 3.94. The lowest BCUT2D eigenvalue weighted by Crippen LogP contribution is -2.54. The number of amides is 4. The lowest BCUT2D eigenvalue weighted by molar-refractivity contribution is -0.122. The van der Waals surface area contributed by atoms with Gasteiger partial charge in [-0.25, -0.2) is 9.69 Å². The van der Waals surface area contributed by atoms with Crippen molar-refractivity contribution in [2.45, 2.75) is 20.5 Å². The van der Waals surface area contributed by atoms with Crippen LogP contribution in [-0.4, -0.2) is 25.0 Å². The summed E-state index contributed by atoms with van der Waals surface area (Å²) >= 11 is 0. The smallest absolute Gasteiger partial charge is 0.335 e. The molecule has 0 saturated carbocycles. The summed E-state index contributed by atoms with van der Waals surface area (Å²) in [5, 5.41) is 2.23. The van der Waals surface area contributed by atoms with Crippen LogP contribution in [-0.2, 0) is 16.2 Å². The number of rotatable bonds is 6. The first-order valence-electron chi connectivity index (χ1n) is 10.7. The Labute approximate surface area is 197 Å². The highest BCUT2D eigenvalue weighted by molar-refractivity contribution is 6.39. The van der Waals surface area contributed by atoms with Crippen LogP contribution in [0.4, 0.5) is 10.5 Å². The number of nitrogens with zero attached hydrogens (tertiary/aromatic N) is 1. The van der Waals surface area contributed by atoms with Crippen molar-refractivity contribution in [3.8, 4) is 11.5 Å². The number of methoxy groups -OCH3 is 1. The Kier molecular flexibility index (Phi) is 6.45. The molecule has 1 N–H and O–H groups in total. The van der Waals surface area contributed by atoms with Gasteiger partial charge in [-0.1, -0.05) is 53.6 Å². The normalized spacial score (nSPS) is 14.9. The Balaban J connectivity index is 1.58. The van der Waals surface area contributed by atoms with Gasteiger partial charge < -0.3 is 9.47 Å². The molecule has 3 aromatic rings. The van der Waals surface area contributed by atoms with E-state index < -0.39 is 17.8 Å². The maximum atomic E-state index is 13.1. The Hall–Kier alpha value is -4.39. The van der Waals surface area contributed by atoms with Gasteiger partial charge in [0.15, 0.2) is 11.5 Å². The summed E-state index contributed by atoms with van der Waals surface area (Å²) in [6.45, 7) is 4.29. The van der Waals surface area contributed by atoms with Crippen molar-refractivity contribution < 1.29 is 23.9 Å². The second kappa shape index (κ2) is 9.62. The quantitative estimate of drug-likeness (QED) is 0.434. The van der Waals surface area contributed by atoms with Gasteiger partial charge in [0.2, 0.25) is 0 Å². The fourth-order valence-corrected chi connectivity index (χ4v) is 3.49. The van der Waals surface area contributed by atoms with Gasteiger partial charge in [0.25, 0.3) is 11.8 Å². The van der Waals surface area contributed by atoms with E-state index in [2.05, 4.69) is 5.32 Å². The fraction of sp³-hybridized carbons (Fsp3) is 0.148. The zero-order valence-electron chi connectivity index (χ0n) is 19.1. The van der Waals surface area contributed by atoms with Crippen LogP contribution < -0.4 is 19.7 Å². The zero-order chi connectivity index (χ0) is 24.2. The second-order valence-electron chi connectivity index (χ2n) is 7.98. The fourth-order valence-electron chi connectivity index (χ4n) is 3.49. The van der Waals surface area contributed by atoms with Crippen LogP contribution in [0.2, 0.25) is 0 Å². The molecule has 0 spiro atoms. The number of anilines is 1. The number of urea groups is 1. The predicted octanol–water partition coefficient (Wildman–Crippen LogP) is 4.56. The van der Waals surface area contributed by atoms with E-state index in [-0.39, 0.29) is 5.57 Å². The third-order valence-corrected chi connectivity index (χ3v) is 5.41. The summed E-state index contributed by atoms with van der Waals surface area (Å²) in [5.74, 6) is -0.467. The number of barbiturate groups is 1. The van der Waals surface area contributed by atoms with E-state index in [0.29, 0.717) is 29.4 Å². The number of hydrogen-bond donors (Lipinski definition) is 1. The first-order valence-corrected chi connectivity index (χ1v) is 10.7. The van der Waals surface area contributed by atoms with Crippen molar-refractivity contribution in [1.82, 2.24) is 5.32 Å². The molecule has 7 nitrogen and oxygen atoms in total. The van der Waals surface area contributed by atoms with Gasteiger partial charge in [0, 0.05) is 0 Å². The molecule has 172 valence electrons. The molecule has 1 aliphatic heterocycles. The molecule has 0 aromatic heterocycles. The van der Waals surface area contributed by atoms with Crippen LogP contribution >= 0.6 is 0 Å². The SMILES string of the molecule is COc1cc(/C=C2\C(=O)NC(=O)N(c3ccc(C)cc3)C2=O)ccc1OCc1ccc(C)cc1. The Morgan fingerprint density at radius 1 is 0.853 bits per heavy atom. The van der Waals surface area contributed by atoms with E-state index in [4.69, 9.17) is 9.47 Å². The first-order chi connectivity index (χ1) is 16.4. The van der Waals surface area contributed by atoms with Gasteiger partial charge in [0.05, 0.1) is 12.8 Å². The third kappa shape index (κ3) is 4.83. The summed E-state index contributed by atoms with van der Waals surface area (Å²) in [4.78, 5) is 38.8. The van der Waals surface area contributed by atoms with Gasteiger partial charge >= 0.3 is 6.03 Å². The molecule has 0 bridgehead atoms. The Bertz CT molecular complexity index is 1280. The number of benzene rings is 3. The van der Waals surface area contributed by atoms with E-state index in [1.807, 2.05) is 38.1 Å². The molecule has 4 amide bonds. The van der Waals surface area contributed by atoms with Crippen LogP contribution in [0.1, 0.15) is 22.3 Å². The number of carbonyl (C=O) groups is 3. The van der Waals surface area contributed by atoms with Gasteiger partial charge in [0.1, 0.15) is 12.2 Å². The Morgan fingerprint density at radius 2 is 1.50 bits per heavy atom. The molecule has 0 atom stereocenters. The van der Waals surface area contributed by atoms with E-state index in [0.717, 1.165) is 16.0 Å². The molecule has 0 aliphatic carbocycles. The van der Waals surface area contributed by atoms with E-state index in [1.54, 1.807) is 42.5 Å².